The van der Waals surface area contributed by atoms with E-state index in [2.05, 4.69) is 0 Å². The normalized spacial score (nSPS) is 17.5. The lowest BCUT2D eigenvalue weighted by atomic mass is 9.93. The van der Waals surface area contributed by atoms with Crippen molar-refractivity contribution >= 4 is 23.1 Å². The maximum absolute atomic E-state index is 14.8. The fourth-order valence-electron chi connectivity index (χ4n) is 4.07. The minimum Gasteiger partial charge on any atom is -0.507 e. The zero-order valence-electron chi connectivity index (χ0n) is 18.2. The molecule has 1 fully saturated rings. The Labute approximate surface area is 189 Å². The van der Waals surface area contributed by atoms with Crippen LogP contribution in [0.25, 0.3) is 5.76 Å². The van der Waals surface area contributed by atoms with Gasteiger partial charge in [-0.2, -0.15) is 0 Å². The molecule has 1 atom stereocenters. The van der Waals surface area contributed by atoms with Gasteiger partial charge in [0.25, 0.3) is 11.7 Å². The summed E-state index contributed by atoms with van der Waals surface area (Å²) in [5.74, 6) is -3.95. The Bertz CT molecular complexity index is 1320. The number of anilines is 1. The van der Waals surface area contributed by atoms with Crippen molar-refractivity contribution in [1.82, 2.24) is 0 Å². The van der Waals surface area contributed by atoms with E-state index in [0.717, 1.165) is 28.2 Å². The van der Waals surface area contributed by atoms with Crippen molar-refractivity contribution in [3.63, 3.8) is 0 Å². The van der Waals surface area contributed by atoms with E-state index in [0.29, 0.717) is 17.4 Å². The molecular weight excluding hydrogens is 428 g/mol. The van der Waals surface area contributed by atoms with Gasteiger partial charge >= 0.3 is 0 Å². The molecule has 4 rings (SSSR count). The summed E-state index contributed by atoms with van der Waals surface area (Å²) in [6, 6.07) is 13.7. The number of ether oxygens (including phenoxy) is 1. The summed E-state index contributed by atoms with van der Waals surface area (Å²) in [5, 5.41) is 11.3. The first-order valence-corrected chi connectivity index (χ1v) is 10.2. The van der Waals surface area contributed by atoms with Crippen LogP contribution in [0.3, 0.4) is 0 Å². The van der Waals surface area contributed by atoms with Crippen molar-refractivity contribution in [3.05, 3.63) is 100 Å². The van der Waals surface area contributed by atoms with Crippen LogP contribution < -0.4 is 9.64 Å². The van der Waals surface area contributed by atoms with Crippen LogP contribution in [0, 0.1) is 25.5 Å². The van der Waals surface area contributed by atoms with Crippen molar-refractivity contribution in [1.29, 1.82) is 0 Å². The number of carbonyl (C=O) groups excluding carboxylic acids is 2. The monoisotopic (exact) mass is 449 g/mol. The van der Waals surface area contributed by atoms with Crippen molar-refractivity contribution in [2.75, 3.05) is 12.0 Å². The molecule has 7 heteroatoms. The van der Waals surface area contributed by atoms with Gasteiger partial charge in [0.15, 0.2) is 0 Å². The molecule has 0 aromatic heterocycles. The van der Waals surface area contributed by atoms with E-state index < -0.39 is 35.1 Å². The lowest BCUT2D eigenvalue weighted by molar-refractivity contribution is -0.132. The molecule has 168 valence electrons. The molecule has 0 radical (unpaired) electrons. The number of ketones is 1. The third-order valence-corrected chi connectivity index (χ3v) is 5.58. The Kier molecular flexibility index (Phi) is 5.72. The van der Waals surface area contributed by atoms with Gasteiger partial charge in [0.1, 0.15) is 23.1 Å². The Hall–Kier alpha value is -4.00. The number of Topliss-reactive ketones (excluding diaryl/α,β-unsaturated/α-hetero) is 1. The fourth-order valence-corrected chi connectivity index (χ4v) is 4.07. The number of aliphatic hydroxyl groups excluding tert-OH is 1. The molecule has 1 heterocycles. The zero-order chi connectivity index (χ0) is 23.9. The minimum absolute atomic E-state index is 0.210. The van der Waals surface area contributed by atoms with Gasteiger partial charge in [0.05, 0.1) is 30.0 Å². The van der Waals surface area contributed by atoms with E-state index >= 15 is 0 Å². The predicted molar refractivity (Wildman–Crippen MR) is 120 cm³/mol. The van der Waals surface area contributed by atoms with Crippen molar-refractivity contribution in [2.24, 2.45) is 0 Å². The zero-order valence-corrected chi connectivity index (χ0v) is 18.2. The van der Waals surface area contributed by atoms with Gasteiger partial charge in [-0.3, -0.25) is 14.5 Å². The van der Waals surface area contributed by atoms with Crippen LogP contribution >= 0.6 is 0 Å². The van der Waals surface area contributed by atoms with Gasteiger partial charge in [-0.05, 0) is 43.7 Å². The lowest BCUT2D eigenvalue weighted by Gasteiger charge is -2.26. The number of halogens is 2. The number of aliphatic hydroxyl groups is 1. The number of hydrogen-bond donors (Lipinski definition) is 1. The molecular formula is C26H21F2NO4. The highest BCUT2D eigenvalue weighted by Gasteiger charge is 2.48. The Morgan fingerprint density at radius 1 is 0.970 bits per heavy atom. The second-order valence-electron chi connectivity index (χ2n) is 7.88. The largest absolute Gasteiger partial charge is 0.507 e. The highest BCUT2D eigenvalue weighted by Crippen LogP contribution is 2.44. The maximum atomic E-state index is 14.8. The number of methoxy groups -OCH3 is 1. The quantitative estimate of drug-likeness (QED) is 0.337. The third kappa shape index (κ3) is 3.86. The highest BCUT2D eigenvalue weighted by molar-refractivity contribution is 6.51. The van der Waals surface area contributed by atoms with Crippen molar-refractivity contribution in [3.8, 4) is 5.75 Å². The molecule has 1 saturated heterocycles. The molecule has 1 amide bonds. The van der Waals surface area contributed by atoms with Gasteiger partial charge in [-0.1, -0.05) is 41.5 Å². The summed E-state index contributed by atoms with van der Waals surface area (Å²) >= 11 is 0. The van der Waals surface area contributed by atoms with E-state index in [-0.39, 0.29) is 16.8 Å². The van der Waals surface area contributed by atoms with E-state index in [1.807, 2.05) is 13.0 Å². The summed E-state index contributed by atoms with van der Waals surface area (Å²) in [7, 11) is 1.42. The summed E-state index contributed by atoms with van der Waals surface area (Å²) < 4.78 is 33.6. The topological polar surface area (TPSA) is 66.8 Å². The number of nitrogens with zero attached hydrogens (tertiary/aromatic N) is 1. The first-order valence-electron chi connectivity index (χ1n) is 10.2. The summed E-state index contributed by atoms with van der Waals surface area (Å²) in [6.45, 7) is 3.64. The van der Waals surface area contributed by atoms with Crippen molar-refractivity contribution in [2.45, 2.75) is 19.9 Å². The molecule has 33 heavy (non-hydrogen) atoms. The van der Waals surface area contributed by atoms with Gasteiger partial charge in [0.2, 0.25) is 0 Å². The molecule has 5 nitrogen and oxygen atoms in total. The van der Waals surface area contributed by atoms with Crippen LogP contribution in [-0.4, -0.2) is 23.9 Å². The second-order valence-corrected chi connectivity index (χ2v) is 7.88. The number of benzene rings is 3. The molecule has 1 aliphatic heterocycles. The van der Waals surface area contributed by atoms with E-state index in [1.165, 1.54) is 7.11 Å². The molecule has 1 N–H and O–H groups in total. The van der Waals surface area contributed by atoms with Crippen molar-refractivity contribution < 1.29 is 28.2 Å². The number of carbonyl (C=O) groups is 2. The number of hydrogen-bond acceptors (Lipinski definition) is 4. The van der Waals surface area contributed by atoms with Gasteiger partial charge < -0.3 is 9.84 Å². The minimum atomic E-state index is -1.13. The molecule has 0 spiro atoms. The third-order valence-electron chi connectivity index (χ3n) is 5.58. The van der Waals surface area contributed by atoms with Crippen LogP contribution in [0.5, 0.6) is 5.75 Å². The Morgan fingerprint density at radius 3 is 2.36 bits per heavy atom. The fraction of sp³-hybridized carbons (Fsp3) is 0.154. The number of rotatable bonds is 4. The molecule has 3 aromatic rings. The first kappa shape index (κ1) is 22.2. The van der Waals surface area contributed by atoms with Gasteiger partial charge in [0, 0.05) is 6.07 Å². The molecule has 0 saturated carbocycles. The first-order chi connectivity index (χ1) is 15.7. The summed E-state index contributed by atoms with van der Waals surface area (Å²) in [4.78, 5) is 27.3. The molecule has 0 bridgehead atoms. The predicted octanol–water partition coefficient (Wildman–Crippen LogP) is 5.22. The number of amides is 1. The van der Waals surface area contributed by atoms with E-state index in [1.54, 1.807) is 43.3 Å². The highest BCUT2D eigenvalue weighted by atomic mass is 19.1. The SMILES string of the molecule is COc1ccc(C)cc1/C(O)=C1\C(=O)C(=O)N(c2ccc(F)cc2F)C1c1cccc(C)c1. The standard InChI is InChI=1S/C26H21F2NO4/c1-14-5-4-6-16(11-14)23-22(24(30)18-12-15(2)7-10-21(18)33-3)25(31)26(32)29(23)20-9-8-17(27)13-19(20)28/h4-13,23,30H,1-3H3/b24-22+. The molecule has 1 unspecified atom stereocenters. The molecule has 3 aromatic carbocycles. The van der Waals surface area contributed by atoms with Crippen LogP contribution in [0.2, 0.25) is 0 Å². The smallest absolute Gasteiger partial charge is 0.300 e. The molecule has 1 aliphatic rings. The van der Waals surface area contributed by atoms with E-state index in [4.69, 9.17) is 4.74 Å². The Morgan fingerprint density at radius 2 is 1.70 bits per heavy atom. The number of aryl methyl sites for hydroxylation is 2. The maximum Gasteiger partial charge on any atom is 0.300 e. The van der Waals surface area contributed by atoms with Crippen LogP contribution in [0.15, 0.2) is 66.2 Å². The lowest BCUT2D eigenvalue weighted by Crippen LogP contribution is -2.30. The summed E-state index contributed by atoms with van der Waals surface area (Å²) in [6.07, 6.45) is 0. The average molecular weight is 449 g/mol. The Balaban J connectivity index is 2.02. The van der Waals surface area contributed by atoms with Gasteiger partial charge in [-0.15, -0.1) is 0 Å². The second kappa shape index (κ2) is 8.50. The van der Waals surface area contributed by atoms with Gasteiger partial charge in [-0.25, -0.2) is 8.78 Å². The average Bonchev–Trinajstić information content (AvgIpc) is 3.04. The summed E-state index contributed by atoms with van der Waals surface area (Å²) in [5.41, 5.74) is 1.88. The van der Waals surface area contributed by atoms with E-state index in [9.17, 15) is 23.5 Å². The molecule has 0 aliphatic carbocycles. The van der Waals surface area contributed by atoms with Crippen LogP contribution in [-0.2, 0) is 9.59 Å². The van der Waals surface area contributed by atoms with Crippen LogP contribution in [0.1, 0.15) is 28.3 Å². The van der Waals surface area contributed by atoms with Crippen LogP contribution in [0.4, 0.5) is 14.5 Å².